The van der Waals surface area contributed by atoms with Gasteiger partial charge in [0.25, 0.3) is 0 Å². The molecule has 0 bridgehead atoms. The van der Waals surface area contributed by atoms with Crippen molar-refractivity contribution in [2.75, 3.05) is 20.6 Å². The number of thiophene rings is 1. The predicted molar refractivity (Wildman–Crippen MR) is 96.5 cm³/mol. The number of nitrogens with zero attached hydrogens (tertiary/aromatic N) is 3. The van der Waals surface area contributed by atoms with Crippen LogP contribution in [0.25, 0.3) is 0 Å². The van der Waals surface area contributed by atoms with E-state index in [1.807, 2.05) is 30.5 Å². The summed E-state index contributed by atoms with van der Waals surface area (Å²) >= 11 is 1.55. The average Bonchev–Trinajstić information content (AvgIpc) is 3.14. The van der Waals surface area contributed by atoms with Crippen molar-refractivity contribution >= 4 is 27.3 Å². The quantitative estimate of drug-likeness (QED) is 0.774. The van der Waals surface area contributed by atoms with Gasteiger partial charge in [-0.3, -0.25) is 4.79 Å². The summed E-state index contributed by atoms with van der Waals surface area (Å²) in [7, 11) is -0.761. The highest BCUT2D eigenvalue weighted by molar-refractivity contribution is 7.89. The van der Waals surface area contributed by atoms with Crippen molar-refractivity contribution in [2.24, 2.45) is 0 Å². The molecular weight excluding hydrogens is 358 g/mol. The number of amides is 1. The van der Waals surface area contributed by atoms with Gasteiger partial charge in [-0.05, 0) is 42.6 Å². The number of benzene rings is 1. The van der Waals surface area contributed by atoms with Crippen LogP contribution in [-0.4, -0.2) is 44.2 Å². The molecule has 0 radical (unpaired) electrons. The summed E-state index contributed by atoms with van der Waals surface area (Å²) < 4.78 is 26.1. The number of hydrogen-bond donors (Lipinski definition) is 0. The molecule has 8 heteroatoms. The maximum atomic E-state index is 12.6. The van der Waals surface area contributed by atoms with Crippen molar-refractivity contribution in [3.63, 3.8) is 0 Å². The van der Waals surface area contributed by atoms with Crippen LogP contribution in [-0.2, 0) is 14.8 Å². The zero-order valence-corrected chi connectivity index (χ0v) is 15.8. The Morgan fingerprint density at radius 2 is 1.88 bits per heavy atom. The molecule has 132 valence electrons. The average molecular weight is 377 g/mol. The normalized spacial score (nSPS) is 12.6. The number of carbonyl (C=O) groups is 1. The third kappa shape index (κ3) is 4.25. The van der Waals surface area contributed by atoms with Crippen LogP contribution in [0.15, 0.2) is 46.7 Å². The Kier molecular flexibility index (Phi) is 5.95. The Morgan fingerprint density at radius 1 is 1.24 bits per heavy atom. The Bertz CT molecular complexity index is 869. The molecule has 0 saturated heterocycles. The van der Waals surface area contributed by atoms with Gasteiger partial charge in [-0.2, -0.15) is 9.57 Å². The molecule has 0 N–H and O–H groups in total. The summed E-state index contributed by atoms with van der Waals surface area (Å²) in [5.41, 5.74) is 0.377. The smallest absolute Gasteiger partial charge is 0.243 e. The molecule has 6 nitrogen and oxygen atoms in total. The number of likely N-dealkylation sites (N-methyl/N-ethyl adjacent to an activating group) is 2. The van der Waals surface area contributed by atoms with Crippen LogP contribution in [0.1, 0.15) is 23.4 Å². The van der Waals surface area contributed by atoms with E-state index in [9.17, 15) is 13.2 Å². The molecule has 0 aliphatic rings. The Balaban J connectivity index is 2.10. The lowest BCUT2D eigenvalue weighted by Gasteiger charge is -2.26. The highest BCUT2D eigenvalue weighted by Crippen LogP contribution is 2.24. The summed E-state index contributed by atoms with van der Waals surface area (Å²) in [4.78, 5) is 15.1. The molecule has 0 fully saturated rings. The molecule has 2 rings (SSSR count). The van der Waals surface area contributed by atoms with Crippen LogP contribution in [0.3, 0.4) is 0 Å². The third-order valence-electron chi connectivity index (χ3n) is 3.98. The van der Waals surface area contributed by atoms with Gasteiger partial charge in [0.2, 0.25) is 15.9 Å². The van der Waals surface area contributed by atoms with Crippen molar-refractivity contribution < 1.29 is 13.2 Å². The van der Waals surface area contributed by atoms with Gasteiger partial charge in [-0.15, -0.1) is 11.3 Å². The van der Waals surface area contributed by atoms with E-state index in [0.29, 0.717) is 5.56 Å². The van der Waals surface area contributed by atoms with Gasteiger partial charge in [0.1, 0.15) is 0 Å². The summed E-state index contributed by atoms with van der Waals surface area (Å²) in [5.74, 6) is -0.291. The van der Waals surface area contributed by atoms with Crippen LogP contribution in [0.2, 0.25) is 0 Å². The van der Waals surface area contributed by atoms with Gasteiger partial charge in [-0.1, -0.05) is 6.07 Å². The summed E-state index contributed by atoms with van der Waals surface area (Å²) in [6.07, 6.45) is 0. The van der Waals surface area contributed by atoms with Crippen molar-refractivity contribution in [3.05, 3.63) is 52.2 Å². The molecule has 25 heavy (non-hydrogen) atoms. The summed E-state index contributed by atoms with van der Waals surface area (Å²) in [6.45, 7) is 1.65. The number of carbonyl (C=O) groups excluding carboxylic acids is 1. The first-order chi connectivity index (χ1) is 11.8. The minimum Gasteiger partial charge on any atom is -0.337 e. The highest BCUT2D eigenvalue weighted by Gasteiger charge is 2.26. The first-order valence-electron chi connectivity index (χ1n) is 7.53. The lowest BCUT2D eigenvalue weighted by Crippen LogP contribution is -2.40. The van der Waals surface area contributed by atoms with Crippen molar-refractivity contribution in [1.29, 1.82) is 5.26 Å². The van der Waals surface area contributed by atoms with E-state index in [-0.39, 0.29) is 23.4 Å². The Hall–Kier alpha value is -2.21. The maximum Gasteiger partial charge on any atom is 0.243 e. The Labute approximate surface area is 152 Å². The molecule has 1 atom stereocenters. The van der Waals surface area contributed by atoms with Crippen LogP contribution in [0, 0.1) is 11.3 Å². The fourth-order valence-corrected chi connectivity index (χ4v) is 4.15. The van der Waals surface area contributed by atoms with Gasteiger partial charge in [0.05, 0.1) is 29.1 Å². The van der Waals surface area contributed by atoms with E-state index in [0.717, 1.165) is 9.18 Å². The lowest BCUT2D eigenvalue weighted by atomic mass is 10.2. The first-order valence-corrected chi connectivity index (χ1v) is 9.85. The predicted octanol–water partition coefficient (Wildman–Crippen LogP) is 2.46. The monoisotopic (exact) mass is 377 g/mol. The van der Waals surface area contributed by atoms with Crippen molar-refractivity contribution in [2.45, 2.75) is 17.9 Å². The van der Waals surface area contributed by atoms with Gasteiger partial charge in [0.15, 0.2) is 0 Å². The molecule has 2 aromatic rings. The molecule has 1 unspecified atom stereocenters. The zero-order valence-electron chi connectivity index (χ0n) is 14.2. The van der Waals surface area contributed by atoms with E-state index in [4.69, 9.17) is 5.26 Å². The standard InChI is InChI=1S/C17H19N3O3S2/c1-13(16-5-4-10-24-16)20(3)17(21)12-19(2)25(22,23)15-8-6-14(11-18)7-9-15/h4-10,13H,12H2,1-3H3. The van der Waals surface area contributed by atoms with Crippen LogP contribution < -0.4 is 0 Å². The van der Waals surface area contributed by atoms with E-state index < -0.39 is 10.0 Å². The molecule has 0 spiro atoms. The fraction of sp³-hybridized carbons (Fsp3) is 0.294. The summed E-state index contributed by atoms with van der Waals surface area (Å²) in [6, 6.07) is 11.3. The molecule has 1 heterocycles. The number of rotatable bonds is 6. The number of hydrogen-bond acceptors (Lipinski definition) is 5. The minimum absolute atomic E-state index is 0.0516. The molecule has 0 aliphatic heterocycles. The van der Waals surface area contributed by atoms with Gasteiger partial charge >= 0.3 is 0 Å². The molecule has 1 aromatic heterocycles. The van der Waals surface area contributed by atoms with E-state index >= 15 is 0 Å². The minimum atomic E-state index is -3.79. The highest BCUT2D eigenvalue weighted by atomic mass is 32.2. The zero-order chi connectivity index (χ0) is 18.6. The number of nitriles is 1. The van der Waals surface area contributed by atoms with Gasteiger partial charge < -0.3 is 4.90 Å². The largest absolute Gasteiger partial charge is 0.337 e. The topological polar surface area (TPSA) is 81.5 Å². The molecular formula is C17H19N3O3S2. The van der Waals surface area contributed by atoms with Crippen LogP contribution in [0.5, 0.6) is 0 Å². The van der Waals surface area contributed by atoms with E-state index in [1.54, 1.807) is 18.4 Å². The van der Waals surface area contributed by atoms with Crippen molar-refractivity contribution in [1.82, 2.24) is 9.21 Å². The molecule has 1 amide bonds. The van der Waals surface area contributed by atoms with Gasteiger partial charge in [0, 0.05) is 19.0 Å². The van der Waals surface area contributed by atoms with Crippen LogP contribution in [0.4, 0.5) is 0 Å². The fourth-order valence-electron chi connectivity index (χ4n) is 2.20. The molecule has 0 aliphatic carbocycles. The summed E-state index contributed by atoms with van der Waals surface area (Å²) in [5, 5.41) is 10.7. The maximum absolute atomic E-state index is 12.6. The Morgan fingerprint density at radius 3 is 2.40 bits per heavy atom. The molecule has 0 saturated carbocycles. The lowest BCUT2D eigenvalue weighted by molar-refractivity contribution is -0.131. The number of sulfonamides is 1. The molecule has 1 aromatic carbocycles. The second kappa shape index (κ2) is 7.78. The second-order valence-electron chi connectivity index (χ2n) is 5.59. The first kappa shape index (κ1) is 19.1. The third-order valence-corrected chi connectivity index (χ3v) is 6.84. The SMILES string of the molecule is CC(c1cccs1)N(C)C(=O)CN(C)S(=O)(=O)c1ccc(C#N)cc1. The van der Waals surface area contributed by atoms with E-state index in [2.05, 4.69) is 0 Å². The van der Waals surface area contributed by atoms with Crippen molar-refractivity contribution in [3.8, 4) is 6.07 Å². The van der Waals surface area contributed by atoms with Crippen LogP contribution >= 0.6 is 11.3 Å². The van der Waals surface area contributed by atoms with E-state index in [1.165, 1.54) is 36.2 Å². The second-order valence-corrected chi connectivity index (χ2v) is 8.62. The van der Waals surface area contributed by atoms with Gasteiger partial charge in [-0.25, -0.2) is 8.42 Å².